The lowest BCUT2D eigenvalue weighted by Crippen LogP contribution is -1.96. The Kier molecular flexibility index (Phi) is 3.05. The lowest BCUT2D eigenvalue weighted by Gasteiger charge is -2.01. The van der Waals surface area contributed by atoms with Crippen molar-refractivity contribution in [1.82, 2.24) is 24.6 Å². The smallest absolute Gasteiger partial charge is 0.254 e. The molecule has 0 fully saturated rings. The van der Waals surface area contributed by atoms with E-state index in [1.807, 2.05) is 35.7 Å². The number of hydrogen-bond acceptors (Lipinski definition) is 6. The lowest BCUT2D eigenvalue weighted by atomic mass is 10.2. The average Bonchev–Trinajstić information content (AvgIpc) is 3.18. The summed E-state index contributed by atoms with van der Waals surface area (Å²) in [6.45, 7) is 2.05. The molecule has 6 nitrogen and oxygen atoms in total. The molecule has 0 saturated carbocycles. The number of rotatable bonds is 3. The number of hydrogen-bond donors (Lipinski definition) is 1. The van der Waals surface area contributed by atoms with Crippen molar-refractivity contribution in [2.24, 2.45) is 0 Å². The van der Waals surface area contributed by atoms with Crippen LogP contribution in [0.25, 0.3) is 16.5 Å². The second-order valence-corrected chi connectivity index (χ2v) is 5.70. The van der Waals surface area contributed by atoms with Gasteiger partial charge in [-0.2, -0.15) is 9.50 Å². The van der Waals surface area contributed by atoms with Crippen LogP contribution in [0, 0.1) is 6.92 Å². The van der Waals surface area contributed by atoms with Gasteiger partial charge >= 0.3 is 0 Å². The van der Waals surface area contributed by atoms with Crippen LogP contribution in [-0.2, 0) is 0 Å². The third-order valence-electron chi connectivity index (χ3n) is 3.20. The van der Waals surface area contributed by atoms with Crippen LogP contribution >= 0.6 is 11.3 Å². The molecule has 0 bridgehead atoms. The van der Waals surface area contributed by atoms with Crippen molar-refractivity contribution in [1.29, 1.82) is 0 Å². The van der Waals surface area contributed by atoms with E-state index in [1.165, 1.54) is 5.56 Å². The van der Waals surface area contributed by atoms with Crippen molar-refractivity contribution in [2.75, 3.05) is 5.32 Å². The molecule has 0 unspecified atom stereocenters. The molecule has 22 heavy (non-hydrogen) atoms. The number of nitrogens with zero attached hydrogens (tertiary/aromatic N) is 5. The third-order valence-corrected chi connectivity index (χ3v) is 4.00. The summed E-state index contributed by atoms with van der Waals surface area (Å²) in [5.74, 6) is 1.06. The summed E-state index contributed by atoms with van der Waals surface area (Å²) >= 11 is 1.56. The fourth-order valence-corrected chi connectivity index (χ4v) is 2.77. The maximum Gasteiger partial charge on any atom is 0.254 e. The average molecular weight is 308 g/mol. The molecular formula is C15H12N6S. The van der Waals surface area contributed by atoms with E-state index >= 15 is 0 Å². The van der Waals surface area contributed by atoms with E-state index in [2.05, 4.69) is 32.3 Å². The van der Waals surface area contributed by atoms with E-state index in [9.17, 15) is 0 Å². The number of thiazole rings is 1. The van der Waals surface area contributed by atoms with E-state index in [4.69, 9.17) is 0 Å². The molecule has 1 N–H and O–H groups in total. The first-order chi connectivity index (χ1) is 10.8. The first-order valence-electron chi connectivity index (χ1n) is 6.75. The summed E-state index contributed by atoms with van der Waals surface area (Å²) in [6.07, 6.45) is 3.49. The molecular weight excluding hydrogens is 296 g/mol. The minimum absolute atomic E-state index is 0.514. The van der Waals surface area contributed by atoms with Crippen molar-refractivity contribution in [3.05, 3.63) is 53.7 Å². The summed E-state index contributed by atoms with van der Waals surface area (Å²) in [5, 5.41) is 10.5. The van der Waals surface area contributed by atoms with Gasteiger partial charge in [0.05, 0.1) is 0 Å². The normalized spacial score (nSPS) is 11.0. The quantitative estimate of drug-likeness (QED) is 0.629. The van der Waals surface area contributed by atoms with Crippen LogP contribution in [0.5, 0.6) is 0 Å². The Balaban J connectivity index is 1.74. The fraction of sp³-hybridized carbons (Fsp3) is 0.0667. The van der Waals surface area contributed by atoms with E-state index < -0.39 is 0 Å². The molecule has 0 aliphatic rings. The Morgan fingerprint density at radius 3 is 2.68 bits per heavy atom. The van der Waals surface area contributed by atoms with Crippen molar-refractivity contribution >= 4 is 28.8 Å². The monoisotopic (exact) mass is 308 g/mol. The Morgan fingerprint density at radius 2 is 1.91 bits per heavy atom. The van der Waals surface area contributed by atoms with E-state index in [-0.39, 0.29) is 0 Å². The Morgan fingerprint density at radius 1 is 1.05 bits per heavy atom. The molecule has 4 rings (SSSR count). The molecule has 108 valence electrons. The molecule has 3 aromatic heterocycles. The SMILES string of the molecule is Cc1ccc(Nc2nc3nccc(-c4nccs4)n3n2)cc1. The minimum Gasteiger partial charge on any atom is -0.323 e. The first kappa shape index (κ1) is 12.9. The van der Waals surface area contributed by atoms with Crippen LogP contribution < -0.4 is 5.32 Å². The number of fused-ring (bicyclic) bond motifs is 1. The Hall–Kier alpha value is -2.80. The van der Waals surface area contributed by atoms with Crippen LogP contribution in [0.15, 0.2) is 48.1 Å². The lowest BCUT2D eigenvalue weighted by molar-refractivity contribution is 0.949. The molecule has 0 aliphatic carbocycles. The Bertz CT molecular complexity index is 911. The highest BCUT2D eigenvalue weighted by molar-refractivity contribution is 7.13. The van der Waals surface area contributed by atoms with Crippen LogP contribution in [0.2, 0.25) is 0 Å². The zero-order valence-corrected chi connectivity index (χ0v) is 12.6. The van der Waals surface area contributed by atoms with Crippen molar-refractivity contribution in [3.8, 4) is 10.7 Å². The number of anilines is 2. The van der Waals surface area contributed by atoms with Crippen LogP contribution in [-0.4, -0.2) is 24.6 Å². The minimum atomic E-state index is 0.514. The third kappa shape index (κ3) is 2.31. The van der Waals surface area contributed by atoms with Gasteiger partial charge in [0, 0.05) is 23.5 Å². The van der Waals surface area contributed by atoms with Crippen LogP contribution in [0.1, 0.15) is 5.56 Å². The number of aryl methyl sites for hydroxylation is 1. The standard InChI is InChI=1S/C15H12N6S/c1-10-2-4-11(5-3-10)18-14-19-15-17-7-6-12(21(15)20-14)13-16-8-9-22-13/h2-9H,1H3,(H,18,20). The molecule has 1 aromatic carbocycles. The number of aromatic nitrogens is 5. The van der Waals surface area contributed by atoms with Crippen molar-refractivity contribution < 1.29 is 0 Å². The molecule has 0 amide bonds. The zero-order valence-electron chi connectivity index (χ0n) is 11.8. The highest BCUT2D eigenvalue weighted by Crippen LogP contribution is 2.22. The molecule has 4 aromatic rings. The van der Waals surface area contributed by atoms with Gasteiger partial charge < -0.3 is 5.32 Å². The topological polar surface area (TPSA) is 68.0 Å². The van der Waals surface area contributed by atoms with E-state index in [0.29, 0.717) is 11.7 Å². The molecule has 0 saturated heterocycles. The maximum atomic E-state index is 4.48. The van der Waals surface area contributed by atoms with Crippen molar-refractivity contribution in [3.63, 3.8) is 0 Å². The van der Waals surface area contributed by atoms with Gasteiger partial charge in [-0.25, -0.2) is 9.97 Å². The summed E-state index contributed by atoms with van der Waals surface area (Å²) < 4.78 is 1.70. The largest absolute Gasteiger partial charge is 0.323 e. The molecule has 0 atom stereocenters. The summed E-state index contributed by atoms with van der Waals surface area (Å²) in [4.78, 5) is 13.0. The highest BCUT2D eigenvalue weighted by Gasteiger charge is 2.11. The van der Waals surface area contributed by atoms with Gasteiger partial charge in [-0.15, -0.1) is 16.4 Å². The maximum absolute atomic E-state index is 4.48. The summed E-state index contributed by atoms with van der Waals surface area (Å²) in [6, 6.07) is 9.96. The van der Waals surface area contributed by atoms with E-state index in [1.54, 1.807) is 28.2 Å². The molecule has 3 heterocycles. The van der Waals surface area contributed by atoms with Gasteiger partial charge in [0.25, 0.3) is 5.78 Å². The van der Waals surface area contributed by atoms with Crippen LogP contribution in [0.3, 0.4) is 0 Å². The summed E-state index contributed by atoms with van der Waals surface area (Å²) in [5.41, 5.74) is 3.03. The Labute approximate surface area is 130 Å². The zero-order chi connectivity index (χ0) is 14.9. The van der Waals surface area contributed by atoms with Gasteiger partial charge in [0.15, 0.2) is 0 Å². The predicted octanol–water partition coefficient (Wildman–Crippen LogP) is 3.30. The number of nitrogens with one attached hydrogen (secondary N) is 1. The van der Waals surface area contributed by atoms with Gasteiger partial charge in [-0.3, -0.25) is 0 Å². The fourth-order valence-electron chi connectivity index (χ4n) is 2.12. The predicted molar refractivity (Wildman–Crippen MR) is 86.4 cm³/mol. The van der Waals surface area contributed by atoms with Gasteiger partial charge in [-0.05, 0) is 25.1 Å². The van der Waals surface area contributed by atoms with Gasteiger partial charge in [0.1, 0.15) is 10.7 Å². The molecule has 0 radical (unpaired) electrons. The highest BCUT2D eigenvalue weighted by atomic mass is 32.1. The molecule has 7 heteroatoms. The van der Waals surface area contributed by atoms with Crippen molar-refractivity contribution in [2.45, 2.75) is 6.92 Å². The first-order valence-corrected chi connectivity index (χ1v) is 7.63. The number of benzene rings is 1. The van der Waals surface area contributed by atoms with Gasteiger partial charge in [-0.1, -0.05) is 17.7 Å². The molecule has 0 aliphatic heterocycles. The van der Waals surface area contributed by atoms with Crippen LogP contribution in [0.4, 0.5) is 11.6 Å². The second kappa shape index (κ2) is 5.19. The van der Waals surface area contributed by atoms with E-state index in [0.717, 1.165) is 16.4 Å². The second-order valence-electron chi connectivity index (χ2n) is 4.81. The molecule has 0 spiro atoms. The summed E-state index contributed by atoms with van der Waals surface area (Å²) in [7, 11) is 0. The van der Waals surface area contributed by atoms with Gasteiger partial charge in [0.2, 0.25) is 5.95 Å².